The molecule has 0 aliphatic carbocycles. The Hall–Kier alpha value is 0.727. The van der Waals surface area contributed by atoms with Crippen LogP contribution in [0.15, 0.2) is 7.18 Å². The fraction of sp³-hybridized carbons (Fsp3) is 0.912. The molecule has 0 saturated carbocycles. The standard InChI is InChI=1S/C10H14O4.6C4H9.2Sn/c1-12-9(11)5-4-8-14-10-6-2-3-7-13-10;6*1-3-4-2;;/h10H,2-3,6-8H2,1H3;6*1,3-4H2,2H3;;. The van der Waals surface area contributed by atoms with Gasteiger partial charge in [-0.3, -0.25) is 0 Å². The van der Waals surface area contributed by atoms with Crippen molar-refractivity contribution in [1.82, 2.24) is 0 Å². The van der Waals surface area contributed by atoms with E-state index in [-0.39, 0.29) is 12.3 Å². The van der Waals surface area contributed by atoms with Gasteiger partial charge in [0.05, 0.1) is 0 Å². The van der Waals surface area contributed by atoms with Crippen LogP contribution in [0.1, 0.15) is 138 Å². The van der Waals surface area contributed by atoms with Crippen molar-refractivity contribution in [1.29, 1.82) is 0 Å². The van der Waals surface area contributed by atoms with Crippen molar-refractivity contribution in [3.8, 4) is 0 Å². The summed E-state index contributed by atoms with van der Waals surface area (Å²) in [5.74, 6) is 0.0489. The molecule has 0 aromatic rings. The quantitative estimate of drug-likeness (QED) is 0.0556. The Kier molecular flexibility index (Phi) is 22.4. The molecule has 0 aromatic heterocycles. The van der Waals surface area contributed by atoms with Gasteiger partial charge < -0.3 is 0 Å². The number of hydrogen-bond donors (Lipinski definition) is 0. The SMILES string of the molecule is CCC[CH2][Sn]([CH2]CCC)([CH2]CCC)/[C](COC1CCCCO1)=[C](/C(=O)OC)[Sn]([CH2]CCC)([CH2]CCC)[CH2]CCC. The molecule has 0 N–H and O–H groups in total. The van der Waals surface area contributed by atoms with E-state index in [0.717, 1.165) is 19.4 Å². The van der Waals surface area contributed by atoms with E-state index in [0.29, 0.717) is 6.61 Å². The summed E-state index contributed by atoms with van der Waals surface area (Å²) >= 11 is -6.16. The van der Waals surface area contributed by atoms with Gasteiger partial charge in [-0.2, -0.15) is 0 Å². The first-order chi connectivity index (χ1) is 19.4. The van der Waals surface area contributed by atoms with Crippen molar-refractivity contribution in [3.05, 3.63) is 7.18 Å². The summed E-state index contributed by atoms with van der Waals surface area (Å²) in [6.07, 6.45) is 18.2. The molecule has 0 aromatic carbocycles. The third-order valence-electron chi connectivity index (χ3n) is 9.47. The van der Waals surface area contributed by atoms with Crippen molar-refractivity contribution in [2.45, 2.75) is 171 Å². The Morgan fingerprint density at radius 2 is 1.10 bits per heavy atom. The fourth-order valence-electron chi connectivity index (χ4n) is 6.94. The zero-order valence-electron chi connectivity index (χ0n) is 28.0. The third-order valence-corrected chi connectivity index (χ3v) is 43.2. The molecule has 236 valence electrons. The molecular weight excluding hydrogens is 710 g/mol. The van der Waals surface area contributed by atoms with Crippen LogP contribution in [0.5, 0.6) is 0 Å². The molecule has 0 amide bonds. The topological polar surface area (TPSA) is 44.8 Å². The summed E-state index contributed by atoms with van der Waals surface area (Å²) in [4.78, 5) is 14.3. The monoisotopic (exact) mass is 780 g/mol. The Morgan fingerprint density at radius 3 is 1.45 bits per heavy atom. The van der Waals surface area contributed by atoms with Gasteiger partial charge in [-0.25, -0.2) is 0 Å². The molecule has 40 heavy (non-hydrogen) atoms. The molecule has 1 unspecified atom stereocenters. The molecule has 1 heterocycles. The molecule has 1 atom stereocenters. The van der Waals surface area contributed by atoms with Crippen LogP contribution in [0, 0.1) is 0 Å². The van der Waals surface area contributed by atoms with Gasteiger partial charge in [0, 0.05) is 0 Å². The summed E-state index contributed by atoms with van der Waals surface area (Å²) in [5, 5.41) is 0. The van der Waals surface area contributed by atoms with Crippen molar-refractivity contribution in [2.75, 3.05) is 20.3 Å². The van der Waals surface area contributed by atoms with E-state index in [9.17, 15) is 4.79 Å². The van der Waals surface area contributed by atoms with Gasteiger partial charge in [0.2, 0.25) is 0 Å². The molecule has 0 radical (unpaired) electrons. The maximum atomic E-state index is 14.3. The number of esters is 1. The summed E-state index contributed by atoms with van der Waals surface area (Å²) in [6, 6.07) is 0. The number of methoxy groups -OCH3 is 1. The molecule has 1 aliphatic rings. The predicted octanol–water partition coefficient (Wildman–Crippen LogP) is 10.8. The van der Waals surface area contributed by atoms with Gasteiger partial charge in [0.1, 0.15) is 0 Å². The first-order valence-electron chi connectivity index (χ1n) is 17.5. The number of carbonyl (C=O) groups excluding carboxylic acids is 1. The van der Waals surface area contributed by atoms with E-state index in [2.05, 4.69) is 41.5 Å². The molecule has 1 fully saturated rings. The minimum atomic E-state index is -3.14. The number of ether oxygens (including phenoxy) is 3. The van der Waals surface area contributed by atoms with Crippen molar-refractivity contribution in [2.24, 2.45) is 0 Å². The van der Waals surface area contributed by atoms with Crippen LogP contribution in [0.4, 0.5) is 0 Å². The molecule has 4 nitrogen and oxygen atoms in total. The van der Waals surface area contributed by atoms with E-state index in [4.69, 9.17) is 14.2 Å². The van der Waals surface area contributed by atoms with Gasteiger partial charge in [-0.15, -0.1) is 0 Å². The number of rotatable bonds is 24. The van der Waals surface area contributed by atoms with E-state index in [1.54, 1.807) is 10.7 Å². The number of carbonyl (C=O) groups is 1. The molecule has 0 spiro atoms. The molecule has 1 rings (SSSR count). The van der Waals surface area contributed by atoms with Crippen LogP contribution in [-0.2, 0) is 19.0 Å². The number of unbranched alkanes of at least 4 members (excludes halogenated alkanes) is 6. The Bertz CT molecular complexity index is 644. The van der Waals surface area contributed by atoms with Crippen LogP contribution < -0.4 is 0 Å². The van der Waals surface area contributed by atoms with E-state index in [1.165, 1.54) is 114 Å². The summed E-state index contributed by atoms with van der Waals surface area (Å²) in [7, 11) is 1.66. The average molecular weight is 778 g/mol. The van der Waals surface area contributed by atoms with Crippen LogP contribution in [0.3, 0.4) is 0 Å². The van der Waals surface area contributed by atoms with Crippen molar-refractivity contribution >= 4 is 42.7 Å². The first kappa shape index (κ1) is 38.8. The second kappa shape index (κ2) is 23.2. The zero-order chi connectivity index (χ0) is 29.7. The molecular formula is C34H68O4Sn2. The Labute approximate surface area is 258 Å². The van der Waals surface area contributed by atoms with Crippen LogP contribution in [0.2, 0.25) is 26.6 Å². The van der Waals surface area contributed by atoms with Gasteiger partial charge in [0.15, 0.2) is 0 Å². The summed E-state index contributed by atoms with van der Waals surface area (Å²) < 4.78 is 29.6. The van der Waals surface area contributed by atoms with Gasteiger partial charge in [0.25, 0.3) is 0 Å². The van der Waals surface area contributed by atoms with E-state index in [1.807, 2.05) is 0 Å². The molecule has 0 bridgehead atoms. The predicted molar refractivity (Wildman–Crippen MR) is 178 cm³/mol. The summed E-state index contributed by atoms with van der Waals surface area (Å²) in [6.45, 7) is 15.5. The van der Waals surface area contributed by atoms with Crippen LogP contribution in [0.25, 0.3) is 0 Å². The minimum absolute atomic E-state index is 0.0489. The van der Waals surface area contributed by atoms with Gasteiger partial charge in [-0.1, -0.05) is 0 Å². The maximum absolute atomic E-state index is 14.3. The second-order valence-electron chi connectivity index (χ2n) is 12.6. The molecule has 1 saturated heterocycles. The van der Waals surface area contributed by atoms with Gasteiger partial charge >= 0.3 is 260 Å². The van der Waals surface area contributed by atoms with Crippen molar-refractivity contribution in [3.63, 3.8) is 0 Å². The molecule has 1 aliphatic heterocycles. The normalized spacial score (nSPS) is 17.1. The third kappa shape index (κ3) is 12.8. The Balaban J connectivity index is 4.02. The van der Waals surface area contributed by atoms with E-state index < -0.39 is 36.8 Å². The average Bonchev–Trinajstić information content (AvgIpc) is 2.99. The zero-order valence-corrected chi connectivity index (χ0v) is 33.7. The summed E-state index contributed by atoms with van der Waals surface area (Å²) in [5.41, 5.74) is 0. The molecule has 6 heteroatoms. The number of hydrogen-bond acceptors (Lipinski definition) is 4. The first-order valence-corrected chi connectivity index (χ1v) is 32.5. The fourth-order valence-corrected chi connectivity index (χ4v) is 50.2. The van der Waals surface area contributed by atoms with Gasteiger partial charge in [-0.05, 0) is 0 Å². The van der Waals surface area contributed by atoms with E-state index >= 15 is 0 Å². The Morgan fingerprint density at radius 1 is 0.675 bits per heavy atom. The van der Waals surface area contributed by atoms with Crippen molar-refractivity contribution < 1.29 is 19.0 Å². The second-order valence-corrected chi connectivity index (χ2v) is 39.0. The van der Waals surface area contributed by atoms with Crippen LogP contribution >= 0.6 is 0 Å². The van der Waals surface area contributed by atoms with Crippen LogP contribution in [-0.4, -0.2) is 69.3 Å².